The van der Waals surface area contributed by atoms with E-state index >= 15 is 0 Å². The molecule has 2 amide bonds. The van der Waals surface area contributed by atoms with E-state index in [0.29, 0.717) is 13.1 Å². The van der Waals surface area contributed by atoms with E-state index in [1.807, 2.05) is 68.4 Å². The van der Waals surface area contributed by atoms with Crippen LogP contribution in [0.25, 0.3) is 0 Å². The number of benzene rings is 2. The highest BCUT2D eigenvalue weighted by Gasteiger charge is 2.20. The Morgan fingerprint density at radius 1 is 0.958 bits per heavy atom. The second kappa shape index (κ2) is 8.29. The number of rotatable bonds is 6. The number of likely N-dealkylation sites (N-methyl/N-ethyl adjacent to an activating group) is 1. The van der Waals surface area contributed by atoms with Gasteiger partial charge in [-0.25, -0.2) is 0 Å². The maximum absolute atomic E-state index is 12.7. The molecule has 0 atom stereocenters. The Bertz CT molecular complexity index is 698. The lowest BCUT2D eigenvalue weighted by atomic mass is 10.1. The number of hydrogen-bond acceptors (Lipinski definition) is 2. The van der Waals surface area contributed by atoms with Crippen LogP contribution < -0.4 is 4.90 Å². The molecule has 2 aromatic rings. The first-order chi connectivity index (χ1) is 11.5. The summed E-state index contributed by atoms with van der Waals surface area (Å²) < 4.78 is 0. The quantitative estimate of drug-likeness (QED) is 0.817. The van der Waals surface area contributed by atoms with E-state index in [9.17, 15) is 9.59 Å². The van der Waals surface area contributed by atoms with E-state index in [0.717, 1.165) is 16.8 Å². The SMILES string of the molecule is CCN(C(=O)CN(Cc1ccccc1C)C(C)=O)c1ccccc1. The van der Waals surface area contributed by atoms with Crippen LogP contribution in [0.2, 0.25) is 0 Å². The number of carbonyl (C=O) groups is 2. The van der Waals surface area contributed by atoms with Crippen molar-refractivity contribution in [1.82, 2.24) is 4.90 Å². The molecule has 0 aliphatic heterocycles. The lowest BCUT2D eigenvalue weighted by Crippen LogP contribution is -2.42. The molecule has 0 bridgehead atoms. The molecule has 0 aromatic heterocycles. The van der Waals surface area contributed by atoms with Crippen LogP contribution in [0.15, 0.2) is 54.6 Å². The van der Waals surface area contributed by atoms with Crippen molar-refractivity contribution in [2.75, 3.05) is 18.0 Å². The van der Waals surface area contributed by atoms with Crippen molar-refractivity contribution in [1.29, 1.82) is 0 Å². The molecule has 0 unspecified atom stereocenters. The van der Waals surface area contributed by atoms with Gasteiger partial charge in [-0.1, -0.05) is 42.5 Å². The average molecular weight is 324 g/mol. The van der Waals surface area contributed by atoms with Crippen LogP contribution >= 0.6 is 0 Å². The van der Waals surface area contributed by atoms with Crippen LogP contribution in [0.1, 0.15) is 25.0 Å². The van der Waals surface area contributed by atoms with Gasteiger partial charge >= 0.3 is 0 Å². The zero-order valence-electron chi connectivity index (χ0n) is 14.5. The van der Waals surface area contributed by atoms with Gasteiger partial charge in [0.2, 0.25) is 11.8 Å². The number of para-hydroxylation sites is 1. The number of amides is 2. The van der Waals surface area contributed by atoms with Crippen LogP contribution in [0.4, 0.5) is 5.69 Å². The Balaban J connectivity index is 2.13. The third-order valence-electron chi connectivity index (χ3n) is 4.08. The van der Waals surface area contributed by atoms with Crippen molar-refractivity contribution >= 4 is 17.5 Å². The summed E-state index contributed by atoms with van der Waals surface area (Å²) in [5, 5.41) is 0. The first-order valence-corrected chi connectivity index (χ1v) is 8.18. The smallest absolute Gasteiger partial charge is 0.246 e. The van der Waals surface area contributed by atoms with Gasteiger partial charge in [-0.05, 0) is 37.1 Å². The number of hydrogen-bond donors (Lipinski definition) is 0. The van der Waals surface area contributed by atoms with Crippen LogP contribution in [0.3, 0.4) is 0 Å². The predicted molar refractivity (Wildman–Crippen MR) is 96.7 cm³/mol. The number of carbonyl (C=O) groups excluding carboxylic acids is 2. The highest BCUT2D eigenvalue weighted by atomic mass is 16.2. The normalized spacial score (nSPS) is 10.3. The van der Waals surface area contributed by atoms with E-state index in [1.54, 1.807) is 9.80 Å². The predicted octanol–water partition coefficient (Wildman–Crippen LogP) is 3.40. The summed E-state index contributed by atoms with van der Waals surface area (Å²) in [6.45, 7) is 6.54. The third kappa shape index (κ3) is 4.44. The van der Waals surface area contributed by atoms with Gasteiger partial charge in [-0.2, -0.15) is 0 Å². The first-order valence-electron chi connectivity index (χ1n) is 8.18. The molecule has 0 heterocycles. The standard InChI is InChI=1S/C20H24N2O2/c1-4-22(19-12-6-5-7-13-19)20(24)15-21(17(3)23)14-18-11-9-8-10-16(18)2/h5-13H,4,14-15H2,1-3H3. The first kappa shape index (κ1) is 17.7. The van der Waals surface area contributed by atoms with E-state index in [2.05, 4.69) is 0 Å². The molecule has 0 radical (unpaired) electrons. The van der Waals surface area contributed by atoms with Gasteiger partial charge in [-0.3, -0.25) is 9.59 Å². The largest absolute Gasteiger partial charge is 0.329 e. The fourth-order valence-corrected chi connectivity index (χ4v) is 2.63. The topological polar surface area (TPSA) is 40.6 Å². The Morgan fingerprint density at radius 3 is 2.17 bits per heavy atom. The minimum Gasteiger partial charge on any atom is -0.329 e. The second-order valence-corrected chi connectivity index (χ2v) is 5.78. The van der Waals surface area contributed by atoms with Gasteiger partial charge < -0.3 is 9.80 Å². The zero-order chi connectivity index (χ0) is 17.5. The zero-order valence-corrected chi connectivity index (χ0v) is 14.5. The third-order valence-corrected chi connectivity index (χ3v) is 4.08. The molecular weight excluding hydrogens is 300 g/mol. The van der Waals surface area contributed by atoms with E-state index in [-0.39, 0.29) is 18.4 Å². The summed E-state index contributed by atoms with van der Waals surface area (Å²) in [5.41, 5.74) is 3.03. The lowest BCUT2D eigenvalue weighted by Gasteiger charge is -2.26. The highest BCUT2D eigenvalue weighted by molar-refractivity contribution is 5.96. The van der Waals surface area contributed by atoms with Crippen molar-refractivity contribution in [3.8, 4) is 0 Å². The summed E-state index contributed by atoms with van der Waals surface area (Å²) in [5.74, 6) is -0.178. The van der Waals surface area contributed by atoms with Crippen LogP contribution in [0.5, 0.6) is 0 Å². The summed E-state index contributed by atoms with van der Waals surface area (Å²) in [4.78, 5) is 28.0. The molecule has 2 rings (SSSR count). The molecule has 2 aromatic carbocycles. The van der Waals surface area contributed by atoms with E-state index in [1.165, 1.54) is 6.92 Å². The molecular formula is C20H24N2O2. The minimum absolute atomic E-state index is 0.0758. The number of anilines is 1. The molecule has 0 saturated heterocycles. The summed E-state index contributed by atoms with van der Waals surface area (Å²) in [6, 6.07) is 17.5. The molecule has 0 saturated carbocycles. The van der Waals surface area contributed by atoms with Crippen LogP contribution in [-0.2, 0) is 16.1 Å². The monoisotopic (exact) mass is 324 g/mol. The van der Waals surface area contributed by atoms with Crippen molar-refractivity contribution < 1.29 is 9.59 Å². The fourth-order valence-electron chi connectivity index (χ4n) is 2.63. The molecule has 126 valence electrons. The number of nitrogens with zero attached hydrogens (tertiary/aromatic N) is 2. The van der Waals surface area contributed by atoms with Crippen molar-refractivity contribution in [2.24, 2.45) is 0 Å². The Morgan fingerprint density at radius 2 is 1.58 bits per heavy atom. The van der Waals surface area contributed by atoms with Crippen molar-refractivity contribution in [3.05, 3.63) is 65.7 Å². The maximum Gasteiger partial charge on any atom is 0.246 e. The molecule has 24 heavy (non-hydrogen) atoms. The molecule has 0 aliphatic rings. The molecule has 4 heteroatoms. The average Bonchev–Trinajstić information content (AvgIpc) is 2.57. The Labute approximate surface area is 143 Å². The van der Waals surface area contributed by atoms with Crippen molar-refractivity contribution in [2.45, 2.75) is 27.3 Å². The fraction of sp³-hybridized carbons (Fsp3) is 0.300. The van der Waals surface area contributed by atoms with Crippen molar-refractivity contribution in [3.63, 3.8) is 0 Å². The summed E-state index contributed by atoms with van der Waals surface area (Å²) >= 11 is 0. The molecule has 0 aliphatic carbocycles. The number of aryl methyl sites for hydroxylation is 1. The minimum atomic E-state index is -0.101. The van der Waals surface area contributed by atoms with Crippen LogP contribution in [0, 0.1) is 6.92 Å². The van der Waals surface area contributed by atoms with Gasteiger partial charge in [-0.15, -0.1) is 0 Å². The van der Waals surface area contributed by atoms with Gasteiger partial charge in [0.1, 0.15) is 6.54 Å². The molecule has 0 fully saturated rings. The van der Waals surface area contributed by atoms with Gasteiger partial charge in [0.15, 0.2) is 0 Å². The maximum atomic E-state index is 12.7. The van der Waals surface area contributed by atoms with E-state index < -0.39 is 0 Å². The van der Waals surface area contributed by atoms with Crippen LogP contribution in [-0.4, -0.2) is 29.8 Å². The summed E-state index contributed by atoms with van der Waals surface area (Å²) in [7, 11) is 0. The van der Waals surface area contributed by atoms with Gasteiger partial charge in [0.25, 0.3) is 0 Å². The molecule has 4 nitrogen and oxygen atoms in total. The highest BCUT2D eigenvalue weighted by Crippen LogP contribution is 2.15. The Kier molecular flexibility index (Phi) is 6.13. The van der Waals surface area contributed by atoms with E-state index in [4.69, 9.17) is 0 Å². The lowest BCUT2D eigenvalue weighted by molar-refractivity contribution is -0.134. The van der Waals surface area contributed by atoms with Gasteiger partial charge in [0, 0.05) is 25.7 Å². The molecule has 0 spiro atoms. The van der Waals surface area contributed by atoms with Gasteiger partial charge in [0.05, 0.1) is 0 Å². The molecule has 0 N–H and O–H groups in total. The Hall–Kier alpha value is -2.62. The summed E-state index contributed by atoms with van der Waals surface area (Å²) in [6.07, 6.45) is 0. The second-order valence-electron chi connectivity index (χ2n) is 5.78.